The molecule has 1 atom stereocenters. The summed E-state index contributed by atoms with van der Waals surface area (Å²) < 4.78 is 11.3. The van der Waals surface area contributed by atoms with Crippen LogP contribution < -0.4 is 10.1 Å². The fourth-order valence-corrected chi connectivity index (χ4v) is 2.73. The largest absolute Gasteiger partial charge is 0.491 e. The summed E-state index contributed by atoms with van der Waals surface area (Å²) in [5, 5.41) is 4.56. The molecule has 1 heterocycles. The van der Waals surface area contributed by atoms with E-state index in [2.05, 4.69) is 19.2 Å². The van der Waals surface area contributed by atoms with E-state index in [0.717, 1.165) is 30.9 Å². The van der Waals surface area contributed by atoms with Crippen molar-refractivity contribution in [3.8, 4) is 5.75 Å². The number of halogens is 2. The van der Waals surface area contributed by atoms with Gasteiger partial charge in [-0.2, -0.15) is 0 Å². The quantitative estimate of drug-likeness (QED) is 0.863. The van der Waals surface area contributed by atoms with Gasteiger partial charge in [0.2, 0.25) is 0 Å². The van der Waals surface area contributed by atoms with Gasteiger partial charge in [-0.1, -0.05) is 37.0 Å². The van der Waals surface area contributed by atoms with Crippen LogP contribution in [0.4, 0.5) is 0 Å². The fraction of sp³-hybridized carbons (Fsp3) is 0.600. The van der Waals surface area contributed by atoms with Crippen LogP contribution in [0.5, 0.6) is 5.75 Å². The first-order valence-electron chi connectivity index (χ1n) is 6.98. The molecule has 0 spiro atoms. The Morgan fingerprint density at radius 3 is 2.85 bits per heavy atom. The van der Waals surface area contributed by atoms with E-state index in [1.165, 1.54) is 0 Å². The number of rotatable bonds is 6. The molecule has 5 heteroatoms. The zero-order valence-corrected chi connectivity index (χ0v) is 13.4. The van der Waals surface area contributed by atoms with Gasteiger partial charge in [-0.05, 0) is 18.6 Å². The molecule has 0 radical (unpaired) electrons. The van der Waals surface area contributed by atoms with E-state index in [0.29, 0.717) is 35.2 Å². The molecule has 1 fully saturated rings. The van der Waals surface area contributed by atoms with Crippen LogP contribution in [0.15, 0.2) is 12.1 Å². The number of ether oxygens (including phenoxy) is 2. The average molecular weight is 318 g/mol. The molecule has 0 aliphatic carbocycles. The Hall–Kier alpha value is -0.480. The molecule has 1 aliphatic rings. The van der Waals surface area contributed by atoms with Crippen LogP contribution in [-0.4, -0.2) is 25.9 Å². The highest BCUT2D eigenvalue weighted by Crippen LogP contribution is 2.33. The van der Waals surface area contributed by atoms with Gasteiger partial charge in [0.05, 0.1) is 18.2 Å². The lowest BCUT2D eigenvalue weighted by Crippen LogP contribution is -2.22. The smallest absolute Gasteiger partial charge is 0.142 e. The second-order valence-electron chi connectivity index (χ2n) is 5.45. The highest BCUT2D eigenvalue weighted by molar-refractivity contribution is 6.35. The monoisotopic (exact) mass is 317 g/mol. The summed E-state index contributed by atoms with van der Waals surface area (Å²) in [6.07, 6.45) is 1.05. The summed E-state index contributed by atoms with van der Waals surface area (Å²) in [5.41, 5.74) is 0.995. The summed E-state index contributed by atoms with van der Waals surface area (Å²) in [5.74, 6) is 1.18. The maximum absolute atomic E-state index is 6.27. The molecule has 0 aromatic heterocycles. The molecule has 3 nitrogen and oxygen atoms in total. The van der Waals surface area contributed by atoms with E-state index in [1.807, 2.05) is 6.07 Å². The Labute approximate surface area is 130 Å². The zero-order valence-electron chi connectivity index (χ0n) is 11.9. The average Bonchev–Trinajstić information content (AvgIpc) is 2.88. The number of hydrogen-bond donors (Lipinski definition) is 1. The van der Waals surface area contributed by atoms with E-state index >= 15 is 0 Å². The SMILES string of the molecule is CC(C)NCc1cc(Cl)cc(Cl)c1OCC1CCOC1. The van der Waals surface area contributed by atoms with Crippen LogP contribution in [0.1, 0.15) is 25.8 Å². The molecule has 2 rings (SSSR count). The van der Waals surface area contributed by atoms with Crippen LogP contribution in [0.25, 0.3) is 0 Å². The van der Waals surface area contributed by atoms with Crippen LogP contribution >= 0.6 is 23.2 Å². The predicted octanol–water partition coefficient (Wildman–Crippen LogP) is 3.91. The minimum Gasteiger partial charge on any atom is -0.491 e. The van der Waals surface area contributed by atoms with Gasteiger partial charge < -0.3 is 14.8 Å². The van der Waals surface area contributed by atoms with E-state index in [9.17, 15) is 0 Å². The van der Waals surface area contributed by atoms with Crippen molar-refractivity contribution < 1.29 is 9.47 Å². The molecule has 1 aromatic carbocycles. The Bertz CT molecular complexity index is 446. The Kier molecular flexibility index (Phi) is 5.97. The fourth-order valence-electron chi connectivity index (χ4n) is 2.14. The maximum atomic E-state index is 6.27. The van der Waals surface area contributed by atoms with Crippen molar-refractivity contribution in [3.05, 3.63) is 27.7 Å². The Balaban J connectivity index is 2.07. The third kappa shape index (κ3) is 4.52. The molecule has 0 amide bonds. The molecule has 1 saturated heterocycles. The number of nitrogens with one attached hydrogen (secondary N) is 1. The molecule has 20 heavy (non-hydrogen) atoms. The van der Waals surface area contributed by atoms with Gasteiger partial charge >= 0.3 is 0 Å². The van der Waals surface area contributed by atoms with Crippen molar-refractivity contribution in [2.24, 2.45) is 5.92 Å². The summed E-state index contributed by atoms with van der Waals surface area (Å²) in [4.78, 5) is 0. The van der Waals surface area contributed by atoms with Gasteiger partial charge in [-0.3, -0.25) is 0 Å². The van der Waals surface area contributed by atoms with Crippen LogP contribution in [0.2, 0.25) is 10.0 Å². The second kappa shape index (κ2) is 7.51. The lowest BCUT2D eigenvalue weighted by Gasteiger charge is -2.17. The molecule has 0 bridgehead atoms. The van der Waals surface area contributed by atoms with E-state index in [-0.39, 0.29) is 0 Å². The predicted molar refractivity (Wildman–Crippen MR) is 82.9 cm³/mol. The Morgan fingerprint density at radius 2 is 2.20 bits per heavy atom. The van der Waals surface area contributed by atoms with Crippen molar-refractivity contribution in [2.45, 2.75) is 32.9 Å². The van der Waals surface area contributed by atoms with Gasteiger partial charge in [0.1, 0.15) is 5.75 Å². The molecule has 1 aromatic rings. The van der Waals surface area contributed by atoms with Crippen LogP contribution in [0.3, 0.4) is 0 Å². The first-order chi connectivity index (χ1) is 9.56. The van der Waals surface area contributed by atoms with Crippen molar-refractivity contribution in [1.82, 2.24) is 5.32 Å². The number of hydrogen-bond acceptors (Lipinski definition) is 3. The van der Waals surface area contributed by atoms with Crippen molar-refractivity contribution in [2.75, 3.05) is 19.8 Å². The van der Waals surface area contributed by atoms with Crippen LogP contribution in [0, 0.1) is 5.92 Å². The lowest BCUT2D eigenvalue weighted by atomic mass is 10.1. The van der Waals surface area contributed by atoms with E-state index in [1.54, 1.807) is 6.07 Å². The summed E-state index contributed by atoms with van der Waals surface area (Å²) >= 11 is 12.3. The van der Waals surface area contributed by atoms with Crippen molar-refractivity contribution in [3.63, 3.8) is 0 Å². The maximum Gasteiger partial charge on any atom is 0.142 e. The molecule has 1 N–H and O–H groups in total. The third-order valence-electron chi connectivity index (χ3n) is 3.27. The summed E-state index contributed by atoms with van der Waals surface area (Å²) in [7, 11) is 0. The van der Waals surface area contributed by atoms with Gasteiger partial charge in [0, 0.05) is 35.7 Å². The highest BCUT2D eigenvalue weighted by atomic mass is 35.5. The standard InChI is InChI=1S/C15H21Cl2NO2/c1-10(2)18-7-12-5-13(16)6-14(17)15(12)20-9-11-3-4-19-8-11/h5-6,10-11,18H,3-4,7-9H2,1-2H3. The summed E-state index contributed by atoms with van der Waals surface area (Å²) in [6.45, 7) is 7.12. The third-order valence-corrected chi connectivity index (χ3v) is 3.77. The van der Waals surface area contributed by atoms with Gasteiger partial charge in [-0.15, -0.1) is 0 Å². The molecule has 1 aliphatic heterocycles. The zero-order chi connectivity index (χ0) is 14.5. The number of benzene rings is 1. The molecular formula is C15H21Cl2NO2. The van der Waals surface area contributed by atoms with Crippen molar-refractivity contribution in [1.29, 1.82) is 0 Å². The molecule has 1 unspecified atom stereocenters. The van der Waals surface area contributed by atoms with Crippen molar-refractivity contribution >= 4 is 23.2 Å². The first kappa shape index (κ1) is 15.9. The minimum atomic E-state index is 0.392. The van der Waals surface area contributed by atoms with Gasteiger partial charge in [0.15, 0.2) is 0 Å². The lowest BCUT2D eigenvalue weighted by molar-refractivity contribution is 0.166. The van der Waals surface area contributed by atoms with Gasteiger partial charge in [0.25, 0.3) is 0 Å². The minimum absolute atomic E-state index is 0.392. The molecule has 112 valence electrons. The highest BCUT2D eigenvalue weighted by Gasteiger charge is 2.18. The van der Waals surface area contributed by atoms with Gasteiger partial charge in [-0.25, -0.2) is 0 Å². The first-order valence-corrected chi connectivity index (χ1v) is 7.73. The van der Waals surface area contributed by atoms with E-state index < -0.39 is 0 Å². The molecule has 0 saturated carbocycles. The topological polar surface area (TPSA) is 30.5 Å². The molecular weight excluding hydrogens is 297 g/mol. The van der Waals surface area contributed by atoms with E-state index in [4.69, 9.17) is 32.7 Å². The second-order valence-corrected chi connectivity index (χ2v) is 6.30. The normalized spacial score (nSPS) is 18.8. The Morgan fingerprint density at radius 1 is 1.40 bits per heavy atom. The summed E-state index contributed by atoms with van der Waals surface area (Å²) in [6, 6.07) is 4.02. The van der Waals surface area contributed by atoms with Crippen LogP contribution in [-0.2, 0) is 11.3 Å².